The summed E-state index contributed by atoms with van der Waals surface area (Å²) in [6.45, 7) is 1.11. The molecule has 1 aliphatic carbocycles. The first-order chi connectivity index (χ1) is 11.2. The van der Waals surface area contributed by atoms with Crippen LogP contribution >= 0.6 is 0 Å². The van der Waals surface area contributed by atoms with E-state index < -0.39 is 0 Å². The van der Waals surface area contributed by atoms with Crippen LogP contribution in [0.15, 0.2) is 36.9 Å². The van der Waals surface area contributed by atoms with Crippen LogP contribution in [0, 0.1) is 5.92 Å². The van der Waals surface area contributed by atoms with E-state index in [9.17, 15) is 4.79 Å². The zero-order valence-electron chi connectivity index (χ0n) is 12.9. The zero-order valence-corrected chi connectivity index (χ0v) is 12.9. The number of amides is 1. The highest BCUT2D eigenvalue weighted by atomic mass is 16.5. The molecule has 2 atom stereocenters. The van der Waals surface area contributed by atoms with Gasteiger partial charge in [0, 0.05) is 23.7 Å². The average Bonchev–Trinajstić information content (AvgIpc) is 3.19. The SMILES string of the molecule is NC1CCC(C(=O)Nc2cccc(OCCn3cncn3)c2)C1. The molecule has 0 aliphatic heterocycles. The van der Waals surface area contributed by atoms with Gasteiger partial charge in [0.2, 0.25) is 5.91 Å². The summed E-state index contributed by atoms with van der Waals surface area (Å²) in [6.07, 6.45) is 5.68. The summed E-state index contributed by atoms with van der Waals surface area (Å²) >= 11 is 0. The fourth-order valence-corrected chi connectivity index (χ4v) is 2.77. The van der Waals surface area contributed by atoms with E-state index >= 15 is 0 Å². The zero-order chi connectivity index (χ0) is 16.1. The summed E-state index contributed by atoms with van der Waals surface area (Å²) in [5, 5.41) is 6.96. The molecule has 1 amide bonds. The van der Waals surface area contributed by atoms with Gasteiger partial charge in [-0.05, 0) is 31.4 Å². The van der Waals surface area contributed by atoms with E-state index in [4.69, 9.17) is 10.5 Å². The average molecular weight is 315 g/mol. The number of anilines is 1. The first-order valence-corrected chi connectivity index (χ1v) is 7.82. The summed E-state index contributed by atoms with van der Waals surface area (Å²) < 4.78 is 7.39. The van der Waals surface area contributed by atoms with Gasteiger partial charge in [-0.15, -0.1) is 0 Å². The topological polar surface area (TPSA) is 95.1 Å². The maximum absolute atomic E-state index is 12.2. The molecule has 1 saturated carbocycles. The van der Waals surface area contributed by atoms with Crippen LogP contribution in [-0.2, 0) is 11.3 Å². The Bertz CT molecular complexity index is 644. The van der Waals surface area contributed by atoms with Gasteiger partial charge in [0.25, 0.3) is 0 Å². The minimum atomic E-state index is 0.0156. The van der Waals surface area contributed by atoms with Crippen LogP contribution in [0.3, 0.4) is 0 Å². The van der Waals surface area contributed by atoms with Gasteiger partial charge in [0.1, 0.15) is 25.0 Å². The molecule has 122 valence electrons. The lowest BCUT2D eigenvalue weighted by atomic mass is 10.1. The summed E-state index contributed by atoms with van der Waals surface area (Å²) in [5.74, 6) is 0.769. The van der Waals surface area contributed by atoms with Gasteiger partial charge in [0.15, 0.2) is 0 Å². The molecule has 2 aromatic rings. The first-order valence-electron chi connectivity index (χ1n) is 7.82. The fraction of sp³-hybridized carbons (Fsp3) is 0.438. The van der Waals surface area contributed by atoms with Crippen molar-refractivity contribution in [2.75, 3.05) is 11.9 Å². The molecule has 7 nitrogen and oxygen atoms in total. The van der Waals surface area contributed by atoms with Gasteiger partial charge in [-0.1, -0.05) is 6.07 Å². The quantitative estimate of drug-likeness (QED) is 0.840. The van der Waals surface area contributed by atoms with Gasteiger partial charge >= 0.3 is 0 Å². The van der Waals surface area contributed by atoms with E-state index in [0.717, 1.165) is 24.9 Å². The summed E-state index contributed by atoms with van der Waals surface area (Å²) in [4.78, 5) is 16.1. The Hall–Kier alpha value is -2.41. The number of aromatic nitrogens is 3. The number of nitrogens with two attached hydrogens (primary N) is 1. The van der Waals surface area contributed by atoms with Crippen LogP contribution < -0.4 is 15.8 Å². The number of hydrogen-bond donors (Lipinski definition) is 2. The molecule has 1 fully saturated rings. The van der Waals surface area contributed by atoms with Gasteiger partial charge < -0.3 is 15.8 Å². The number of benzene rings is 1. The number of carbonyl (C=O) groups excluding carboxylic acids is 1. The molecule has 3 N–H and O–H groups in total. The Balaban J connectivity index is 1.51. The van der Waals surface area contributed by atoms with Gasteiger partial charge in [-0.3, -0.25) is 4.79 Å². The summed E-state index contributed by atoms with van der Waals surface area (Å²) in [5.41, 5.74) is 6.61. The Morgan fingerprint density at radius 1 is 1.43 bits per heavy atom. The molecular weight excluding hydrogens is 294 g/mol. The number of rotatable bonds is 6. The molecule has 1 aromatic heterocycles. The fourth-order valence-electron chi connectivity index (χ4n) is 2.77. The predicted octanol–water partition coefficient (Wildman–Crippen LogP) is 1.42. The minimum absolute atomic E-state index is 0.0156. The van der Waals surface area contributed by atoms with Crippen molar-refractivity contribution < 1.29 is 9.53 Å². The highest BCUT2D eigenvalue weighted by molar-refractivity contribution is 5.92. The lowest BCUT2D eigenvalue weighted by Gasteiger charge is -2.12. The molecule has 23 heavy (non-hydrogen) atoms. The molecule has 7 heteroatoms. The Kier molecular flexibility index (Phi) is 4.87. The number of hydrogen-bond acceptors (Lipinski definition) is 5. The second-order valence-electron chi connectivity index (χ2n) is 5.79. The van der Waals surface area contributed by atoms with E-state index in [1.54, 1.807) is 11.0 Å². The van der Waals surface area contributed by atoms with E-state index in [2.05, 4.69) is 15.4 Å². The third-order valence-electron chi connectivity index (χ3n) is 4.00. The highest BCUT2D eigenvalue weighted by Gasteiger charge is 2.27. The van der Waals surface area contributed by atoms with Crippen molar-refractivity contribution in [3.63, 3.8) is 0 Å². The molecule has 0 radical (unpaired) electrons. The predicted molar refractivity (Wildman–Crippen MR) is 85.9 cm³/mol. The van der Waals surface area contributed by atoms with Crippen molar-refractivity contribution in [2.24, 2.45) is 11.7 Å². The van der Waals surface area contributed by atoms with Gasteiger partial charge in [-0.2, -0.15) is 5.10 Å². The smallest absolute Gasteiger partial charge is 0.227 e. The molecule has 1 aromatic carbocycles. The lowest BCUT2D eigenvalue weighted by molar-refractivity contribution is -0.119. The van der Waals surface area contributed by atoms with Crippen LogP contribution in [0.4, 0.5) is 5.69 Å². The second kappa shape index (κ2) is 7.23. The van der Waals surface area contributed by atoms with Crippen LogP contribution in [-0.4, -0.2) is 33.3 Å². The maximum atomic E-state index is 12.2. The molecule has 1 heterocycles. The molecule has 0 spiro atoms. The normalized spacial score (nSPS) is 20.4. The van der Waals surface area contributed by atoms with Gasteiger partial charge in [0.05, 0.1) is 6.54 Å². The summed E-state index contributed by atoms with van der Waals surface area (Å²) in [7, 11) is 0. The van der Waals surface area contributed by atoms with E-state index in [-0.39, 0.29) is 17.9 Å². The monoisotopic (exact) mass is 315 g/mol. The van der Waals surface area contributed by atoms with Gasteiger partial charge in [-0.25, -0.2) is 9.67 Å². The van der Waals surface area contributed by atoms with Crippen molar-refractivity contribution in [1.29, 1.82) is 0 Å². The molecule has 0 saturated heterocycles. The third-order valence-corrected chi connectivity index (χ3v) is 4.00. The van der Waals surface area contributed by atoms with Crippen LogP contribution in [0.1, 0.15) is 19.3 Å². The number of ether oxygens (including phenoxy) is 1. The van der Waals surface area contributed by atoms with Crippen molar-refractivity contribution in [1.82, 2.24) is 14.8 Å². The lowest BCUT2D eigenvalue weighted by Crippen LogP contribution is -2.23. The Morgan fingerprint density at radius 3 is 3.09 bits per heavy atom. The maximum Gasteiger partial charge on any atom is 0.227 e. The highest BCUT2D eigenvalue weighted by Crippen LogP contribution is 2.26. The van der Waals surface area contributed by atoms with E-state index in [1.807, 2.05) is 24.3 Å². The minimum Gasteiger partial charge on any atom is -0.492 e. The second-order valence-corrected chi connectivity index (χ2v) is 5.79. The molecule has 2 unspecified atom stereocenters. The number of carbonyl (C=O) groups is 1. The van der Waals surface area contributed by atoms with Crippen molar-refractivity contribution in [3.05, 3.63) is 36.9 Å². The van der Waals surface area contributed by atoms with Crippen molar-refractivity contribution in [3.8, 4) is 5.75 Å². The molecule has 0 bridgehead atoms. The third kappa shape index (κ3) is 4.29. The summed E-state index contributed by atoms with van der Waals surface area (Å²) in [6, 6.07) is 7.56. The number of nitrogens with zero attached hydrogens (tertiary/aromatic N) is 3. The molecule has 1 aliphatic rings. The van der Waals surface area contributed by atoms with Crippen LogP contribution in [0.25, 0.3) is 0 Å². The Labute approximate surface area is 134 Å². The van der Waals surface area contributed by atoms with E-state index in [0.29, 0.717) is 18.9 Å². The molecular formula is C16H21N5O2. The van der Waals surface area contributed by atoms with Crippen molar-refractivity contribution in [2.45, 2.75) is 31.8 Å². The van der Waals surface area contributed by atoms with E-state index in [1.165, 1.54) is 6.33 Å². The van der Waals surface area contributed by atoms with Crippen LogP contribution in [0.5, 0.6) is 5.75 Å². The largest absolute Gasteiger partial charge is 0.492 e. The Morgan fingerprint density at radius 2 is 2.35 bits per heavy atom. The molecule has 3 rings (SSSR count). The number of nitrogens with one attached hydrogen (secondary N) is 1. The first kappa shape index (κ1) is 15.5. The standard InChI is InChI=1S/C16H21N5O2/c17-13-5-4-12(8-13)16(22)20-14-2-1-3-15(9-14)23-7-6-21-11-18-10-19-21/h1-3,9-13H,4-8,17H2,(H,20,22). The van der Waals surface area contributed by atoms with Crippen LogP contribution in [0.2, 0.25) is 0 Å². The van der Waals surface area contributed by atoms with Crippen molar-refractivity contribution >= 4 is 11.6 Å².